The van der Waals surface area contributed by atoms with Gasteiger partial charge in [0.25, 0.3) is 0 Å². The first-order chi connectivity index (χ1) is 11.1. The molecule has 126 valence electrons. The lowest BCUT2D eigenvalue weighted by Crippen LogP contribution is -2.52. The fourth-order valence-corrected chi connectivity index (χ4v) is 3.35. The number of fused-ring (bicyclic) bond motifs is 1. The van der Waals surface area contributed by atoms with E-state index in [1.807, 2.05) is 0 Å². The highest BCUT2D eigenvalue weighted by atomic mass is 16.5. The van der Waals surface area contributed by atoms with Gasteiger partial charge in [-0.25, -0.2) is 0 Å². The number of benzene rings is 1. The number of likely N-dealkylation sites (N-methyl/N-ethyl adjacent to an activating group) is 1. The number of nitrogens with zero attached hydrogens (tertiary/aromatic N) is 1. The van der Waals surface area contributed by atoms with E-state index in [2.05, 4.69) is 29.6 Å². The highest BCUT2D eigenvalue weighted by Crippen LogP contribution is 2.23. The van der Waals surface area contributed by atoms with Crippen LogP contribution in [0.5, 0.6) is 0 Å². The molecular formula is C18H26N2O3. The second-order valence-corrected chi connectivity index (χ2v) is 6.65. The molecule has 1 fully saturated rings. The van der Waals surface area contributed by atoms with Crippen LogP contribution in [0.3, 0.4) is 0 Å². The second kappa shape index (κ2) is 7.43. The van der Waals surface area contributed by atoms with Crippen molar-refractivity contribution in [2.75, 3.05) is 33.9 Å². The van der Waals surface area contributed by atoms with Crippen LogP contribution in [-0.2, 0) is 27.1 Å². The van der Waals surface area contributed by atoms with E-state index >= 15 is 0 Å². The van der Waals surface area contributed by atoms with Crippen molar-refractivity contribution in [3.8, 4) is 0 Å². The number of carbonyl (C=O) groups excluding carboxylic acids is 1. The van der Waals surface area contributed by atoms with Crippen molar-refractivity contribution in [3.05, 3.63) is 35.4 Å². The maximum atomic E-state index is 11.7. The molecule has 2 aliphatic rings. The lowest BCUT2D eigenvalue weighted by atomic mass is 10.0. The van der Waals surface area contributed by atoms with Crippen molar-refractivity contribution >= 4 is 5.91 Å². The molecule has 1 amide bonds. The smallest absolute Gasteiger partial charge is 0.248 e. The first-order valence-electron chi connectivity index (χ1n) is 8.36. The molecule has 0 saturated carbocycles. The van der Waals surface area contributed by atoms with E-state index in [1.165, 1.54) is 11.1 Å². The number of ether oxygens (including phenoxy) is 2. The topological polar surface area (TPSA) is 50.8 Å². The lowest BCUT2D eigenvalue weighted by molar-refractivity contribution is -0.140. The molecule has 0 aromatic heterocycles. The van der Waals surface area contributed by atoms with Crippen molar-refractivity contribution in [2.24, 2.45) is 0 Å². The molecule has 0 radical (unpaired) electrons. The van der Waals surface area contributed by atoms with Crippen LogP contribution in [0, 0.1) is 0 Å². The van der Waals surface area contributed by atoms with Gasteiger partial charge >= 0.3 is 0 Å². The monoisotopic (exact) mass is 318 g/mol. The van der Waals surface area contributed by atoms with Gasteiger partial charge in [-0.3, -0.25) is 4.79 Å². The van der Waals surface area contributed by atoms with Crippen molar-refractivity contribution in [1.82, 2.24) is 10.2 Å². The highest BCUT2D eigenvalue weighted by Gasteiger charge is 2.31. The van der Waals surface area contributed by atoms with E-state index < -0.39 is 0 Å². The number of hydrogen-bond acceptors (Lipinski definition) is 4. The fourth-order valence-electron chi connectivity index (χ4n) is 3.35. The van der Waals surface area contributed by atoms with Crippen LogP contribution in [0.4, 0.5) is 0 Å². The molecule has 3 rings (SSSR count). The van der Waals surface area contributed by atoms with Crippen molar-refractivity contribution in [3.63, 3.8) is 0 Å². The molecule has 1 aliphatic heterocycles. The number of hydrogen-bond donors (Lipinski definition) is 1. The Morgan fingerprint density at radius 2 is 2.00 bits per heavy atom. The molecule has 5 heteroatoms. The Kier molecular flexibility index (Phi) is 5.30. The van der Waals surface area contributed by atoms with Crippen molar-refractivity contribution < 1.29 is 14.3 Å². The van der Waals surface area contributed by atoms with Gasteiger partial charge in [-0.15, -0.1) is 0 Å². The fraction of sp³-hybridized carbons (Fsp3) is 0.611. The van der Waals surface area contributed by atoms with E-state index in [-0.39, 0.29) is 24.7 Å². The maximum absolute atomic E-state index is 11.7. The molecule has 1 aromatic carbocycles. The zero-order chi connectivity index (χ0) is 16.2. The first-order valence-corrected chi connectivity index (χ1v) is 8.36. The zero-order valence-corrected chi connectivity index (χ0v) is 14.0. The molecule has 23 heavy (non-hydrogen) atoms. The minimum absolute atomic E-state index is 0.0115. The summed E-state index contributed by atoms with van der Waals surface area (Å²) in [7, 11) is 3.49. The SMILES string of the molecule is CN(C)C(=O)CO[C@@H]1COCC[C@H]1NC1Cc2ccccc2C1. The molecule has 1 heterocycles. The zero-order valence-electron chi connectivity index (χ0n) is 14.0. The van der Waals surface area contributed by atoms with Gasteiger partial charge in [-0.05, 0) is 30.4 Å². The summed E-state index contributed by atoms with van der Waals surface area (Å²) in [4.78, 5) is 13.3. The average Bonchev–Trinajstić information content (AvgIpc) is 2.96. The molecule has 0 bridgehead atoms. The lowest BCUT2D eigenvalue weighted by Gasteiger charge is -2.34. The van der Waals surface area contributed by atoms with Crippen molar-refractivity contribution in [2.45, 2.75) is 37.5 Å². The van der Waals surface area contributed by atoms with Gasteiger partial charge in [0.1, 0.15) is 6.61 Å². The van der Waals surface area contributed by atoms with Gasteiger partial charge in [-0.2, -0.15) is 0 Å². The summed E-state index contributed by atoms with van der Waals surface area (Å²) < 4.78 is 11.4. The van der Waals surface area contributed by atoms with Crippen LogP contribution in [0.25, 0.3) is 0 Å². The Bertz CT molecular complexity index is 522. The van der Waals surface area contributed by atoms with Gasteiger partial charge in [-0.1, -0.05) is 24.3 Å². The first kappa shape index (κ1) is 16.4. The summed E-state index contributed by atoms with van der Waals surface area (Å²) in [6.45, 7) is 1.42. The average molecular weight is 318 g/mol. The van der Waals surface area contributed by atoms with E-state index in [0.29, 0.717) is 12.6 Å². The number of amides is 1. The maximum Gasteiger partial charge on any atom is 0.248 e. The van der Waals surface area contributed by atoms with E-state index in [1.54, 1.807) is 19.0 Å². The van der Waals surface area contributed by atoms with E-state index in [0.717, 1.165) is 25.9 Å². The van der Waals surface area contributed by atoms with Crippen LogP contribution in [0.2, 0.25) is 0 Å². The van der Waals surface area contributed by atoms with Crippen LogP contribution in [0.1, 0.15) is 17.5 Å². The molecule has 2 atom stereocenters. The molecular weight excluding hydrogens is 292 g/mol. The Hall–Kier alpha value is -1.43. The summed E-state index contributed by atoms with van der Waals surface area (Å²) in [5.74, 6) is -0.0115. The second-order valence-electron chi connectivity index (χ2n) is 6.65. The molecule has 0 unspecified atom stereocenters. The molecule has 1 aliphatic carbocycles. The molecule has 1 saturated heterocycles. The van der Waals surface area contributed by atoms with E-state index in [9.17, 15) is 4.79 Å². The van der Waals surface area contributed by atoms with Gasteiger partial charge < -0.3 is 19.7 Å². The third-order valence-corrected chi connectivity index (χ3v) is 4.72. The Morgan fingerprint density at radius 3 is 2.65 bits per heavy atom. The number of carbonyl (C=O) groups is 1. The molecule has 0 spiro atoms. The quantitative estimate of drug-likeness (QED) is 0.880. The van der Waals surface area contributed by atoms with Crippen LogP contribution < -0.4 is 5.32 Å². The number of rotatable bonds is 5. The highest BCUT2D eigenvalue weighted by molar-refractivity contribution is 5.76. The number of nitrogens with one attached hydrogen (secondary N) is 1. The van der Waals surface area contributed by atoms with Crippen LogP contribution in [-0.4, -0.2) is 62.9 Å². The van der Waals surface area contributed by atoms with Crippen LogP contribution in [0.15, 0.2) is 24.3 Å². The van der Waals surface area contributed by atoms with E-state index in [4.69, 9.17) is 9.47 Å². The predicted molar refractivity (Wildman–Crippen MR) is 88.4 cm³/mol. The van der Waals surface area contributed by atoms with Gasteiger partial charge in [0.05, 0.1) is 12.7 Å². The van der Waals surface area contributed by atoms with Gasteiger partial charge in [0.2, 0.25) is 5.91 Å². The summed E-state index contributed by atoms with van der Waals surface area (Å²) >= 11 is 0. The Morgan fingerprint density at radius 1 is 1.30 bits per heavy atom. The Labute approximate surface area is 137 Å². The van der Waals surface area contributed by atoms with Crippen LogP contribution >= 0.6 is 0 Å². The summed E-state index contributed by atoms with van der Waals surface area (Å²) in [5, 5.41) is 3.74. The van der Waals surface area contributed by atoms with Gasteiger partial charge in [0, 0.05) is 32.8 Å². The summed E-state index contributed by atoms with van der Waals surface area (Å²) in [6, 6.07) is 9.34. The molecule has 5 nitrogen and oxygen atoms in total. The Balaban J connectivity index is 1.54. The summed E-state index contributed by atoms with van der Waals surface area (Å²) in [6.07, 6.45) is 3.00. The minimum Gasteiger partial charge on any atom is -0.379 e. The molecule has 1 N–H and O–H groups in total. The minimum atomic E-state index is -0.0589. The molecule has 1 aromatic rings. The standard InChI is InChI=1S/C18H26N2O3/c1-20(2)18(21)12-23-17-11-22-8-7-16(17)19-15-9-13-5-3-4-6-14(13)10-15/h3-6,15-17,19H,7-12H2,1-2H3/t16-,17-/m1/s1. The predicted octanol–water partition coefficient (Wildman–Crippen LogP) is 1.01. The summed E-state index contributed by atoms with van der Waals surface area (Å²) in [5.41, 5.74) is 2.88. The normalized spacial score (nSPS) is 24.4. The van der Waals surface area contributed by atoms with Gasteiger partial charge in [0.15, 0.2) is 0 Å². The van der Waals surface area contributed by atoms with Crippen molar-refractivity contribution in [1.29, 1.82) is 0 Å². The third-order valence-electron chi connectivity index (χ3n) is 4.72. The third kappa shape index (κ3) is 4.10. The largest absolute Gasteiger partial charge is 0.379 e.